The van der Waals surface area contributed by atoms with Crippen LogP contribution in [0.3, 0.4) is 0 Å². The Labute approximate surface area is 168 Å². The molecule has 2 aromatic heterocycles. The van der Waals surface area contributed by atoms with Crippen LogP contribution in [0.4, 0.5) is 11.5 Å². The van der Waals surface area contributed by atoms with Crippen LogP contribution < -0.4 is 15.0 Å². The lowest BCUT2D eigenvalue weighted by Crippen LogP contribution is -2.23. The van der Waals surface area contributed by atoms with E-state index in [1.165, 1.54) is 0 Å². The van der Waals surface area contributed by atoms with Crippen LogP contribution in [0.1, 0.15) is 26.1 Å². The van der Waals surface area contributed by atoms with Crippen molar-refractivity contribution in [2.45, 2.75) is 26.7 Å². The first-order valence-electron chi connectivity index (χ1n) is 9.15. The number of carbonyl (C=O) groups is 1. The maximum atomic E-state index is 12.4. The molecule has 0 aliphatic rings. The van der Waals surface area contributed by atoms with Crippen LogP contribution in [0.5, 0.6) is 5.75 Å². The molecule has 2 heterocycles. The van der Waals surface area contributed by atoms with Gasteiger partial charge in [0.25, 0.3) is 0 Å². The fourth-order valence-corrected chi connectivity index (χ4v) is 3.08. The predicted octanol–water partition coefficient (Wildman–Crippen LogP) is 3.20. The second-order valence-electron chi connectivity index (χ2n) is 6.14. The van der Waals surface area contributed by atoms with E-state index in [0.29, 0.717) is 34.4 Å². The van der Waals surface area contributed by atoms with E-state index in [2.05, 4.69) is 39.4 Å². The fraction of sp³-hybridized carbons (Fsp3) is 0.368. The van der Waals surface area contributed by atoms with Gasteiger partial charge in [0.1, 0.15) is 11.6 Å². The zero-order chi connectivity index (χ0) is 20.1. The van der Waals surface area contributed by atoms with Gasteiger partial charge in [0.05, 0.1) is 12.8 Å². The molecule has 0 fully saturated rings. The highest BCUT2D eigenvalue weighted by atomic mass is 35.5. The Morgan fingerprint density at radius 2 is 2.00 bits per heavy atom. The first-order valence-corrected chi connectivity index (χ1v) is 9.53. The van der Waals surface area contributed by atoms with Gasteiger partial charge >= 0.3 is 0 Å². The normalized spacial score (nSPS) is 10.9. The second-order valence-corrected chi connectivity index (χ2v) is 6.58. The Balaban J connectivity index is 1.72. The number of nitrogens with zero attached hydrogens (tertiary/aromatic N) is 5. The van der Waals surface area contributed by atoms with Crippen molar-refractivity contribution in [3.05, 3.63) is 41.2 Å². The van der Waals surface area contributed by atoms with Crippen LogP contribution in [0.15, 0.2) is 30.3 Å². The molecule has 0 aliphatic carbocycles. The SMILES string of the molecule is CCN(CC)c1ccc2nnc(CCC(=O)Nc3cc(Cl)ccc3OC)n2n1. The minimum Gasteiger partial charge on any atom is -0.495 e. The number of halogens is 1. The van der Waals surface area contributed by atoms with Gasteiger partial charge in [0.15, 0.2) is 11.5 Å². The maximum Gasteiger partial charge on any atom is 0.224 e. The van der Waals surface area contributed by atoms with Crippen molar-refractivity contribution in [2.75, 3.05) is 30.4 Å². The summed E-state index contributed by atoms with van der Waals surface area (Å²) in [5.74, 6) is 1.87. The molecule has 8 nitrogen and oxygen atoms in total. The first-order chi connectivity index (χ1) is 13.5. The Kier molecular flexibility index (Phi) is 6.30. The van der Waals surface area contributed by atoms with Crippen LogP contribution >= 0.6 is 11.6 Å². The minimum atomic E-state index is -0.169. The third kappa shape index (κ3) is 4.33. The lowest BCUT2D eigenvalue weighted by Gasteiger charge is -2.19. The van der Waals surface area contributed by atoms with Crippen LogP contribution in [-0.4, -0.2) is 45.9 Å². The molecule has 0 spiro atoms. The number of anilines is 2. The zero-order valence-corrected chi connectivity index (χ0v) is 16.9. The van der Waals surface area contributed by atoms with Gasteiger partial charge in [-0.05, 0) is 44.2 Å². The van der Waals surface area contributed by atoms with Crippen molar-refractivity contribution in [3.63, 3.8) is 0 Å². The molecule has 0 aliphatic heterocycles. The Morgan fingerprint density at radius 3 is 2.71 bits per heavy atom. The van der Waals surface area contributed by atoms with Crippen molar-refractivity contribution >= 4 is 34.7 Å². The van der Waals surface area contributed by atoms with Crippen LogP contribution in [-0.2, 0) is 11.2 Å². The van der Waals surface area contributed by atoms with E-state index in [9.17, 15) is 4.79 Å². The number of aryl methyl sites for hydroxylation is 1. The number of methoxy groups -OCH3 is 1. The first kappa shape index (κ1) is 19.9. The molecule has 1 aromatic carbocycles. The molecule has 3 aromatic rings. The third-order valence-corrected chi connectivity index (χ3v) is 4.65. The van der Waals surface area contributed by atoms with Crippen molar-refractivity contribution in [1.29, 1.82) is 0 Å². The van der Waals surface area contributed by atoms with E-state index in [-0.39, 0.29) is 12.3 Å². The number of fused-ring (bicyclic) bond motifs is 1. The molecule has 0 radical (unpaired) electrons. The third-order valence-electron chi connectivity index (χ3n) is 4.41. The highest BCUT2D eigenvalue weighted by Gasteiger charge is 2.13. The van der Waals surface area contributed by atoms with E-state index in [1.807, 2.05) is 12.1 Å². The zero-order valence-electron chi connectivity index (χ0n) is 16.1. The van der Waals surface area contributed by atoms with Gasteiger partial charge in [-0.25, -0.2) is 0 Å². The van der Waals surface area contributed by atoms with E-state index < -0.39 is 0 Å². The van der Waals surface area contributed by atoms with E-state index in [1.54, 1.807) is 29.8 Å². The number of hydrogen-bond acceptors (Lipinski definition) is 6. The summed E-state index contributed by atoms with van der Waals surface area (Å²) in [4.78, 5) is 14.5. The molecular weight excluding hydrogens is 380 g/mol. The van der Waals surface area contributed by atoms with Gasteiger partial charge in [-0.3, -0.25) is 4.79 Å². The van der Waals surface area contributed by atoms with Gasteiger partial charge in [-0.15, -0.1) is 15.3 Å². The molecule has 148 valence electrons. The molecule has 9 heteroatoms. The maximum absolute atomic E-state index is 12.4. The monoisotopic (exact) mass is 402 g/mol. The van der Waals surface area contributed by atoms with Crippen molar-refractivity contribution in [3.8, 4) is 5.75 Å². The van der Waals surface area contributed by atoms with Crippen molar-refractivity contribution < 1.29 is 9.53 Å². The molecule has 1 N–H and O–H groups in total. The molecule has 0 atom stereocenters. The molecular formula is C19H23ClN6O2. The summed E-state index contributed by atoms with van der Waals surface area (Å²) in [5, 5.41) is 16.3. The lowest BCUT2D eigenvalue weighted by molar-refractivity contribution is -0.116. The number of benzene rings is 1. The Hall–Kier alpha value is -2.87. The molecule has 28 heavy (non-hydrogen) atoms. The van der Waals surface area contributed by atoms with Gasteiger partial charge < -0.3 is 15.0 Å². The van der Waals surface area contributed by atoms with E-state index >= 15 is 0 Å². The standard InChI is InChI=1S/C19H23ClN6O2/c1-4-25(5-2)18-9-8-16-22-23-17(26(16)24-18)10-11-19(27)21-14-12-13(20)6-7-15(14)28-3/h6-9,12H,4-5,10-11H2,1-3H3,(H,21,27). The smallest absolute Gasteiger partial charge is 0.224 e. The number of amides is 1. The topological polar surface area (TPSA) is 84.7 Å². The summed E-state index contributed by atoms with van der Waals surface area (Å²) < 4.78 is 6.95. The highest BCUT2D eigenvalue weighted by Crippen LogP contribution is 2.27. The average Bonchev–Trinajstić information content (AvgIpc) is 3.10. The Morgan fingerprint density at radius 1 is 1.21 bits per heavy atom. The summed E-state index contributed by atoms with van der Waals surface area (Å²) >= 11 is 6.00. The molecule has 0 saturated heterocycles. The van der Waals surface area contributed by atoms with Crippen LogP contribution in [0.2, 0.25) is 5.02 Å². The molecule has 1 amide bonds. The number of ether oxygens (including phenoxy) is 1. The summed E-state index contributed by atoms with van der Waals surface area (Å²) in [6.07, 6.45) is 0.637. The molecule has 0 unspecified atom stereocenters. The van der Waals surface area contributed by atoms with Crippen LogP contribution in [0, 0.1) is 0 Å². The number of nitrogens with one attached hydrogen (secondary N) is 1. The van der Waals surface area contributed by atoms with Gasteiger partial charge in [0.2, 0.25) is 5.91 Å². The van der Waals surface area contributed by atoms with Crippen LogP contribution in [0.25, 0.3) is 5.65 Å². The number of aromatic nitrogens is 4. The molecule has 3 rings (SSSR count). The van der Waals surface area contributed by atoms with Gasteiger partial charge in [-0.1, -0.05) is 11.6 Å². The fourth-order valence-electron chi connectivity index (χ4n) is 2.91. The summed E-state index contributed by atoms with van der Waals surface area (Å²) in [5.41, 5.74) is 1.19. The highest BCUT2D eigenvalue weighted by molar-refractivity contribution is 6.31. The summed E-state index contributed by atoms with van der Waals surface area (Å²) in [6, 6.07) is 8.88. The van der Waals surface area contributed by atoms with Crippen molar-refractivity contribution in [2.24, 2.45) is 0 Å². The minimum absolute atomic E-state index is 0.169. The second kappa shape index (κ2) is 8.88. The number of rotatable bonds is 8. The predicted molar refractivity (Wildman–Crippen MR) is 109 cm³/mol. The van der Waals surface area contributed by atoms with Gasteiger partial charge in [-0.2, -0.15) is 4.52 Å². The van der Waals surface area contributed by atoms with E-state index in [0.717, 1.165) is 18.9 Å². The summed E-state index contributed by atoms with van der Waals surface area (Å²) in [6.45, 7) is 5.88. The summed E-state index contributed by atoms with van der Waals surface area (Å²) in [7, 11) is 1.54. The lowest BCUT2D eigenvalue weighted by atomic mass is 10.2. The number of carbonyl (C=O) groups excluding carboxylic acids is 1. The van der Waals surface area contributed by atoms with E-state index in [4.69, 9.17) is 16.3 Å². The van der Waals surface area contributed by atoms with Gasteiger partial charge in [0, 0.05) is 31.0 Å². The Bertz CT molecular complexity index is 970. The average molecular weight is 403 g/mol. The molecule has 0 bridgehead atoms. The quantitative estimate of drug-likeness (QED) is 0.622. The van der Waals surface area contributed by atoms with Crippen molar-refractivity contribution in [1.82, 2.24) is 19.8 Å². The molecule has 0 saturated carbocycles. The number of hydrogen-bond donors (Lipinski definition) is 1. The largest absolute Gasteiger partial charge is 0.495 e.